The lowest BCUT2D eigenvalue weighted by molar-refractivity contribution is -0.160. The molecule has 0 radical (unpaired) electrons. The van der Waals surface area contributed by atoms with Crippen molar-refractivity contribution < 1.29 is 18.7 Å². The molecule has 0 aromatic carbocycles. The van der Waals surface area contributed by atoms with Crippen molar-refractivity contribution in [2.75, 3.05) is 7.11 Å². The molecule has 0 bridgehead atoms. The number of Topliss-reactive ketones (excluding diaryl/α,β-unsaturated/α-hetero) is 1. The summed E-state index contributed by atoms with van der Waals surface area (Å²) in [7, 11) is 1.10. The number of rotatable bonds is 1. The molecule has 1 rings (SSSR count). The highest BCUT2D eigenvalue weighted by atomic mass is 19.1. The van der Waals surface area contributed by atoms with Crippen LogP contribution in [0, 0.1) is 0 Å². The van der Waals surface area contributed by atoms with Crippen molar-refractivity contribution in [3.63, 3.8) is 0 Å². The van der Waals surface area contributed by atoms with Crippen LogP contribution in [0.25, 0.3) is 0 Å². The largest absolute Gasteiger partial charge is 0.466 e. The molecule has 1 unspecified atom stereocenters. The second kappa shape index (κ2) is 3.85. The summed E-state index contributed by atoms with van der Waals surface area (Å²) in [4.78, 5) is 22.3. The number of hydrogen-bond acceptors (Lipinski definition) is 3. The number of esters is 1. The fourth-order valence-corrected chi connectivity index (χ4v) is 1.55. The maximum atomic E-state index is 13.8. The third-order valence-corrected chi connectivity index (χ3v) is 2.38. The third kappa shape index (κ3) is 1.87. The lowest BCUT2D eigenvalue weighted by atomic mass is 9.95. The van der Waals surface area contributed by atoms with Gasteiger partial charge in [-0.15, -0.1) is 0 Å². The van der Waals surface area contributed by atoms with E-state index >= 15 is 0 Å². The highest BCUT2D eigenvalue weighted by molar-refractivity contribution is 6.07. The summed E-state index contributed by atoms with van der Waals surface area (Å²) in [6.45, 7) is 0. The van der Waals surface area contributed by atoms with Crippen LogP contribution < -0.4 is 0 Å². The predicted molar refractivity (Wildman–Crippen MR) is 43.9 cm³/mol. The van der Waals surface area contributed by atoms with E-state index in [9.17, 15) is 14.0 Å². The molecule has 0 aromatic heterocycles. The molecule has 0 aromatic rings. The molecule has 74 valence electrons. The van der Waals surface area contributed by atoms with Gasteiger partial charge < -0.3 is 4.74 Å². The molecule has 0 amide bonds. The first-order chi connectivity index (χ1) is 6.11. The maximum Gasteiger partial charge on any atom is 0.351 e. The fraction of sp³-hybridized carbons (Fsp3) is 0.778. The van der Waals surface area contributed by atoms with E-state index < -0.39 is 17.4 Å². The standard InChI is InChI=1S/C9H13FO3/c1-13-8(12)9(10)6-4-2-3-5-7(9)11/h2-6H2,1H3. The van der Waals surface area contributed by atoms with Gasteiger partial charge in [0.1, 0.15) is 0 Å². The molecule has 13 heavy (non-hydrogen) atoms. The minimum atomic E-state index is -2.37. The van der Waals surface area contributed by atoms with E-state index in [-0.39, 0.29) is 12.8 Å². The molecule has 1 aliphatic carbocycles. The second-order valence-electron chi connectivity index (χ2n) is 3.28. The normalized spacial score (nSPS) is 29.5. The Labute approximate surface area is 76.3 Å². The number of ketones is 1. The van der Waals surface area contributed by atoms with Crippen LogP contribution >= 0.6 is 0 Å². The zero-order valence-corrected chi connectivity index (χ0v) is 7.64. The lowest BCUT2D eigenvalue weighted by Gasteiger charge is -2.18. The topological polar surface area (TPSA) is 43.4 Å². The van der Waals surface area contributed by atoms with Gasteiger partial charge in [-0.3, -0.25) is 4.79 Å². The van der Waals surface area contributed by atoms with E-state index in [1.807, 2.05) is 0 Å². The Bertz CT molecular complexity index is 227. The monoisotopic (exact) mass is 188 g/mol. The first-order valence-corrected chi connectivity index (χ1v) is 4.42. The van der Waals surface area contributed by atoms with Gasteiger partial charge in [0.05, 0.1) is 7.11 Å². The fourth-order valence-electron chi connectivity index (χ4n) is 1.55. The average Bonchev–Trinajstić information content (AvgIpc) is 2.29. The van der Waals surface area contributed by atoms with Gasteiger partial charge in [0.2, 0.25) is 0 Å². The Morgan fingerprint density at radius 2 is 2.15 bits per heavy atom. The molecule has 0 heterocycles. The molecule has 0 N–H and O–H groups in total. The van der Waals surface area contributed by atoms with E-state index in [1.165, 1.54) is 0 Å². The highest BCUT2D eigenvalue weighted by Crippen LogP contribution is 2.28. The minimum absolute atomic E-state index is 0.0293. The Morgan fingerprint density at radius 3 is 2.77 bits per heavy atom. The smallest absolute Gasteiger partial charge is 0.351 e. The molecule has 3 nitrogen and oxygen atoms in total. The van der Waals surface area contributed by atoms with E-state index in [4.69, 9.17) is 0 Å². The van der Waals surface area contributed by atoms with Crippen LogP contribution in [0.3, 0.4) is 0 Å². The Balaban J connectivity index is 2.82. The van der Waals surface area contributed by atoms with Gasteiger partial charge in [-0.1, -0.05) is 6.42 Å². The molecule has 0 saturated heterocycles. The minimum Gasteiger partial charge on any atom is -0.466 e. The molecule has 4 heteroatoms. The van der Waals surface area contributed by atoms with Gasteiger partial charge in [0.25, 0.3) is 5.67 Å². The van der Waals surface area contributed by atoms with Crippen LogP contribution in [0.15, 0.2) is 0 Å². The number of carbonyl (C=O) groups excluding carboxylic acids is 2. The zero-order chi connectivity index (χ0) is 9.90. The Kier molecular flexibility index (Phi) is 3.01. The van der Waals surface area contributed by atoms with Crippen molar-refractivity contribution in [1.82, 2.24) is 0 Å². The van der Waals surface area contributed by atoms with Crippen LogP contribution in [-0.2, 0) is 14.3 Å². The number of ether oxygens (including phenoxy) is 1. The van der Waals surface area contributed by atoms with Crippen molar-refractivity contribution in [3.05, 3.63) is 0 Å². The SMILES string of the molecule is COC(=O)C1(F)CCCCCC1=O. The van der Waals surface area contributed by atoms with Crippen molar-refractivity contribution in [3.8, 4) is 0 Å². The van der Waals surface area contributed by atoms with Crippen LogP contribution in [0.5, 0.6) is 0 Å². The van der Waals surface area contributed by atoms with Gasteiger partial charge in [0, 0.05) is 6.42 Å². The zero-order valence-electron chi connectivity index (χ0n) is 7.64. The predicted octanol–water partition coefficient (Wildman–Crippen LogP) is 1.40. The van der Waals surface area contributed by atoms with Gasteiger partial charge >= 0.3 is 5.97 Å². The quantitative estimate of drug-likeness (QED) is 0.355. The second-order valence-corrected chi connectivity index (χ2v) is 3.28. The molecule has 0 spiro atoms. The summed E-state index contributed by atoms with van der Waals surface area (Å²) < 4.78 is 18.1. The number of carbonyl (C=O) groups is 2. The Morgan fingerprint density at radius 1 is 1.46 bits per heavy atom. The maximum absolute atomic E-state index is 13.8. The van der Waals surface area contributed by atoms with Crippen molar-refractivity contribution in [2.24, 2.45) is 0 Å². The van der Waals surface area contributed by atoms with Crippen LogP contribution in [0.1, 0.15) is 32.1 Å². The number of methoxy groups -OCH3 is 1. The molecular weight excluding hydrogens is 175 g/mol. The first kappa shape index (κ1) is 10.2. The molecular formula is C9H13FO3. The molecule has 1 saturated carbocycles. The summed E-state index contributed by atoms with van der Waals surface area (Å²) in [5.74, 6) is -1.67. The van der Waals surface area contributed by atoms with Crippen molar-refractivity contribution in [2.45, 2.75) is 37.8 Å². The van der Waals surface area contributed by atoms with E-state index in [2.05, 4.69) is 4.74 Å². The molecule has 0 aliphatic heterocycles. The number of halogens is 1. The van der Waals surface area contributed by atoms with Gasteiger partial charge in [-0.2, -0.15) is 0 Å². The van der Waals surface area contributed by atoms with Crippen molar-refractivity contribution in [1.29, 1.82) is 0 Å². The van der Waals surface area contributed by atoms with E-state index in [1.54, 1.807) is 0 Å². The van der Waals surface area contributed by atoms with Gasteiger partial charge in [0.15, 0.2) is 5.78 Å². The summed E-state index contributed by atoms with van der Waals surface area (Å²) in [6, 6.07) is 0. The summed E-state index contributed by atoms with van der Waals surface area (Å²) >= 11 is 0. The van der Waals surface area contributed by atoms with Crippen molar-refractivity contribution >= 4 is 11.8 Å². The van der Waals surface area contributed by atoms with Crippen LogP contribution in [0.2, 0.25) is 0 Å². The summed E-state index contributed by atoms with van der Waals surface area (Å²) in [6.07, 6.45) is 2.15. The van der Waals surface area contributed by atoms with Crippen LogP contribution in [0.4, 0.5) is 4.39 Å². The van der Waals surface area contributed by atoms with E-state index in [0.717, 1.165) is 13.5 Å². The number of hydrogen-bond donors (Lipinski definition) is 0. The summed E-state index contributed by atoms with van der Waals surface area (Å²) in [5, 5.41) is 0. The highest BCUT2D eigenvalue weighted by Gasteiger charge is 2.47. The Hall–Kier alpha value is -0.930. The third-order valence-electron chi connectivity index (χ3n) is 2.38. The first-order valence-electron chi connectivity index (χ1n) is 4.42. The summed E-state index contributed by atoms with van der Waals surface area (Å²) in [5.41, 5.74) is -2.37. The van der Waals surface area contributed by atoms with Gasteiger partial charge in [-0.25, -0.2) is 9.18 Å². The number of alkyl halides is 1. The molecule has 1 aliphatic rings. The molecule has 1 atom stereocenters. The van der Waals surface area contributed by atoms with E-state index in [0.29, 0.717) is 12.8 Å². The van der Waals surface area contributed by atoms with Gasteiger partial charge in [-0.05, 0) is 19.3 Å². The molecule has 1 fully saturated rings. The van der Waals surface area contributed by atoms with Crippen LogP contribution in [-0.4, -0.2) is 24.5 Å². The lowest BCUT2D eigenvalue weighted by Crippen LogP contribution is -2.42. The average molecular weight is 188 g/mol.